The maximum absolute atomic E-state index is 11.7. The molecule has 1 atom stereocenters. The summed E-state index contributed by atoms with van der Waals surface area (Å²) in [5.41, 5.74) is -0.566. The third-order valence-corrected chi connectivity index (χ3v) is 7.72. The van der Waals surface area contributed by atoms with Gasteiger partial charge in [0, 0.05) is 17.8 Å². The molecule has 0 spiro atoms. The van der Waals surface area contributed by atoms with Gasteiger partial charge in [-0.1, -0.05) is 61.9 Å². The minimum Gasteiger partial charge on any atom is -0.492 e. The quantitative estimate of drug-likeness (QED) is 0.172. The lowest BCUT2D eigenvalue weighted by molar-refractivity contribution is -0.170. The number of hydrogen-bond donors (Lipinski definition) is 5. The lowest BCUT2D eigenvalue weighted by Crippen LogP contribution is -2.42. The number of hydrogen-bond acceptors (Lipinski definition) is 8. The highest BCUT2D eigenvalue weighted by molar-refractivity contribution is 7.10. The van der Waals surface area contributed by atoms with Crippen LogP contribution in [-0.2, 0) is 26.4 Å². The van der Waals surface area contributed by atoms with Crippen LogP contribution in [0.3, 0.4) is 0 Å². The number of nitrogens with zero attached hydrogens (tertiary/aromatic N) is 1. The summed E-state index contributed by atoms with van der Waals surface area (Å²) in [4.78, 5) is 33.8. The van der Waals surface area contributed by atoms with Crippen molar-refractivity contribution < 1.29 is 44.7 Å². The standard InChI is InChI=1S/C25H31NO2S.C6H8O7/c1-4-26(5-2)16-17-28-23-14-12-22(13-15-23)25(27,24-7-6-18-29-24)19-21-10-8-20(3)9-11-21;7-3(8)1-6(13,5(11)12)2-4(9)10/h6-15,18,27H,4-5,16-17,19H2,1-3H3;13H,1-2H2,(H,7,8)(H,9,10)(H,11,12). The van der Waals surface area contributed by atoms with Gasteiger partial charge in [0.15, 0.2) is 5.60 Å². The van der Waals surface area contributed by atoms with Gasteiger partial charge in [-0.25, -0.2) is 4.79 Å². The van der Waals surface area contributed by atoms with E-state index in [2.05, 4.69) is 49.9 Å². The normalized spacial score (nSPS) is 12.6. The van der Waals surface area contributed by atoms with Gasteiger partial charge in [-0.15, -0.1) is 11.3 Å². The van der Waals surface area contributed by atoms with Gasteiger partial charge in [-0.3, -0.25) is 9.59 Å². The summed E-state index contributed by atoms with van der Waals surface area (Å²) in [7, 11) is 0. The van der Waals surface area contributed by atoms with Crippen molar-refractivity contribution >= 4 is 29.2 Å². The molecule has 10 nitrogen and oxygen atoms in total. The summed E-state index contributed by atoms with van der Waals surface area (Å²) in [5.74, 6) is -4.18. The number of aliphatic hydroxyl groups is 2. The molecule has 3 rings (SSSR count). The molecule has 1 aromatic heterocycles. The van der Waals surface area contributed by atoms with Crippen LogP contribution in [0.4, 0.5) is 0 Å². The molecular formula is C31H39NO9S. The zero-order valence-corrected chi connectivity index (χ0v) is 24.8. The Morgan fingerprint density at radius 1 is 0.857 bits per heavy atom. The highest BCUT2D eigenvalue weighted by atomic mass is 32.1. The number of carboxylic acid groups (broad SMARTS) is 3. The second-order valence-corrected chi connectivity index (χ2v) is 10.8. The second-order valence-electron chi connectivity index (χ2n) is 9.88. The first-order valence-electron chi connectivity index (χ1n) is 13.5. The summed E-state index contributed by atoms with van der Waals surface area (Å²) in [6.07, 6.45) is -1.75. The van der Waals surface area contributed by atoms with Crippen LogP contribution in [0.5, 0.6) is 5.75 Å². The first kappa shape index (κ1) is 34.4. The molecule has 0 aliphatic rings. The van der Waals surface area contributed by atoms with E-state index in [9.17, 15) is 19.5 Å². The van der Waals surface area contributed by atoms with Crippen molar-refractivity contribution in [3.63, 3.8) is 0 Å². The number of aliphatic carboxylic acids is 3. The third kappa shape index (κ3) is 10.3. The summed E-state index contributed by atoms with van der Waals surface area (Å²) in [6, 6.07) is 20.3. The monoisotopic (exact) mass is 601 g/mol. The number of likely N-dealkylation sites (N-methyl/N-ethyl adjacent to an activating group) is 1. The first-order chi connectivity index (χ1) is 19.8. The van der Waals surface area contributed by atoms with Gasteiger partial charge in [-0.05, 0) is 54.7 Å². The number of carboxylic acids is 3. The molecule has 5 N–H and O–H groups in total. The first-order valence-corrected chi connectivity index (χ1v) is 14.4. The van der Waals surface area contributed by atoms with Crippen LogP contribution >= 0.6 is 11.3 Å². The SMILES string of the molecule is CCN(CC)CCOc1ccc(C(O)(Cc2ccc(C)cc2)c2cccs2)cc1.O=C(O)CC(O)(CC(=O)O)C(=O)O. The number of benzene rings is 2. The Kier molecular flexibility index (Phi) is 13.1. The molecule has 0 saturated heterocycles. The van der Waals surface area contributed by atoms with Gasteiger partial charge in [0.2, 0.25) is 0 Å². The molecule has 228 valence electrons. The Morgan fingerprint density at radius 3 is 1.88 bits per heavy atom. The van der Waals surface area contributed by atoms with E-state index in [-0.39, 0.29) is 0 Å². The van der Waals surface area contributed by atoms with E-state index in [0.29, 0.717) is 13.0 Å². The van der Waals surface area contributed by atoms with E-state index in [1.165, 1.54) is 5.56 Å². The second kappa shape index (κ2) is 16.0. The fraction of sp³-hybridized carbons (Fsp3) is 0.387. The summed E-state index contributed by atoms with van der Waals surface area (Å²) in [5, 5.41) is 47.6. The van der Waals surface area contributed by atoms with Crippen molar-refractivity contribution in [1.82, 2.24) is 4.90 Å². The molecule has 42 heavy (non-hydrogen) atoms. The van der Waals surface area contributed by atoms with Crippen molar-refractivity contribution in [3.05, 3.63) is 87.6 Å². The van der Waals surface area contributed by atoms with Crippen LogP contribution in [0, 0.1) is 6.92 Å². The molecule has 0 saturated carbocycles. The number of aryl methyl sites for hydroxylation is 1. The average molecular weight is 602 g/mol. The number of ether oxygens (including phenoxy) is 1. The Morgan fingerprint density at radius 2 is 1.43 bits per heavy atom. The molecule has 3 aromatic rings. The fourth-order valence-electron chi connectivity index (χ4n) is 4.22. The lowest BCUT2D eigenvalue weighted by atomic mass is 9.85. The molecule has 0 aliphatic heterocycles. The summed E-state index contributed by atoms with van der Waals surface area (Å²) >= 11 is 1.59. The maximum Gasteiger partial charge on any atom is 0.336 e. The van der Waals surface area contributed by atoms with Crippen molar-refractivity contribution in [2.24, 2.45) is 0 Å². The van der Waals surface area contributed by atoms with Gasteiger partial charge in [-0.2, -0.15) is 0 Å². The summed E-state index contributed by atoms with van der Waals surface area (Å²) in [6.45, 7) is 10.1. The third-order valence-electron chi connectivity index (χ3n) is 6.70. The van der Waals surface area contributed by atoms with E-state index in [4.69, 9.17) is 25.2 Å². The lowest BCUT2D eigenvalue weighted by Gasteiger charge is -2.28. The van der Waals surface area contributed by atoms with Crippen molar-refractivity contribution in [3.8, 4) is 5.75 Å². The molecular weight excluding hydrogens is 562 g/mol. The minimum absolute atomic E-state index is 0.538. The van der Waals surface area contributed by atoms with Crippen LogP contribution in [0.1, 0.15) is 48.3 Å². The zero-order chi connectivity index (χ0) is 31.3. The maximum atomic E-state index is 11.7. The largest absolute Gasteiger partial charge is 0.492 e. The number of carbonyl (C=O) groups is 3. The molecule has 11 heteroatoms. The van der Waals surface area contributed by atoms with Gasteiger partial charge < -0.3 is 35.2 Å². The van der Waals surface area contributed by atoms with Crippen molar-refractivity contribution in [2.45, 2.75) is 51.2 Å². The molecule has 0 radical (unpaired) electrons. The van der Waals surface area contributed by atoms with Crippen LogP contribution in [0.2, 0.25) is 0 Å². The molecule has 0 amide bonds. The smallest absolute Gasteiger partial charge is 0.336 e. The molecule has 0 fully saturated rings. The summed E-state index contributed by atoms with van der Waals surface area (Å²) < 4.78 is 5.91. The fourth-order valence-corrected chi connectivity index (χ4v) is 5.07. The topological polar surface area (TPSA) is 165 Å². The molecule has 1 heterocycles. The van der Waals surface area contributed by atoms with Gasteiger partial charge >= 0.3 is 17.9 Å². The van der Waals surface area contributed by atoms with Gasteiger partial charge in [0.05, 0.1) is 12.8 Å². The highest BCUT2D eigenvalue weighted by Gasteiger charge is 2.40. The Labute approximate surface area is 249 Å². The molecule has 1 unspecified atom stereocenters. The van der Waals surface area contributed by atoms with Crippen LogP contribution in [-0.4, -0.2) is 80.2 Å². The van der Waals surface area contributed by atoms with Gasteiger partial charge in [0.1, 0.15) is 18.0 Å². The van der Waals surface area contributed by atoms with Crippen molar-refractivity contribution in [2.75, 3.05) is 26.2 Å². The van der Waals surface area contributed by atoms with Gasteiger partial charge in [0.25, 0.3) is 0 Å². The predicted octanol–water partition coefficient (Wildman–Crippen LogP) is 4.01. The zero-order valence-electron chi connectivity index (χ0n) is 24.0. The van der Waals surface area contributed by atoms with Crippen molar-refractivity contribution in [1.29, 1.82) is 0 Å². The Hall–Kier alpha value is -3.77. The molecule has 0 bridgehead atoms. The minimum atomic E-state index is -2.74. The average Bonchev–Trinajstić information content (AvgIpc) is 3.48. The van der Waals surface area contributed by atoms with Crippen LogP contribution < -0.4 is 4.74 Å². The predicted molar refractivity (Wildman–Crippen MR) is 159 cm³/mol. The number of thiophene rings is 1. The Balaban J connectivity index is 0.000000401. The van der Waals surface area contributed by atoms with Crippen LogP contribution in [0.15, 0.2) is 66.0 Å². The van der Waals surface area contributed by atoms with E-state index >= 15 is 0 Å². The van der Waals surface area contributed by atoms with E-state index < -0.39 is 42.0 Å². The molecule has 2 aromatic carbocycles. The highest BCUT2D eigenvalue weighted by Crippen LogP contribution is 2.36. The Bertz CT molecular complexity index is 1260. The van der Waals surface area contributed by atoms with E-state index in [0.717, 1.165) is 41.4 Å². The molecule has 0 aliphatic carbocycles. The van der Waals surface area contributed by atoms with E-state index in [1.54, 1.807) is 11.3 Å². The van der Waals surface area contributed by atoms with E-state index in [1.807, 2.05) is 41.8 Å². The van der Waals surface area contributed by atoms with Crippen LogP contribution in [0.25, 0.3) is 0 Å². The number of rotatable bonds is 15.